The smallest absolute Gasteiger partial charge is 0.131 e. The molecule has 0 amide bonds. The number of hydrogen-bond acceptors (Lipinski definition) is 3. The number of anilines is 1. The lowest BCUT2D eigenvalue weighted by atomic mass is 10.1. The lowest BCUT2D eigenvalue weighted by Gasteiger charge is -2.22. The highest BCUT2D eigenvalue weighted by atomic mass is 35.5. The molecule has 1 unspecified atom stereocenters. The van der Waals surface area contributed by atoms with E-state index in [1.165, 1.54) is 18.4 Å². The minimum absolute atomic E-state index is 0.484. The Morgan fingerprint density at radius 1 is 1.60 bits per heavy atom. The van der Waals surface area contributed by atoms with Crippen molar-refractivity contribution < 1.29 is 0 Å². The highest BCUT2D eigenvalue weighted by Gasteiger charge is 2.24. The van der Waals surface area contributed by atoms with Gasteiger partial charge in [0.15, 0.2) is 0 Å². The van der Waals surface area contributed by atoms with Crippen molar-refractivity contribution in [1.29, 1.82) is 0 Å². The summed E-state index contributed by atoms with van der Waals surface area (Å²) < 4.78 is 0. The SMILES string of the molecule is CNc1cc(Cl)ncc1C1CCCN1C. The Hall–Kier alpha value is -0.800. The summed E-state index contributed by atoms with van der Waals surface area (Å²) in [6.45, 7) is 1.16. The van der Waals surface area contributed by atoms with Gasteiger partial charge in [0.05, 0.1) is 0 Å². The van der Waals surface area contributed by atoms with Gasteiger partial charge in [-0.2, -0.15) is 0 Å². The molecule has 2 heterocycles. The van der Waals surface area contributed by atoms with Crippen LogP contribution in [-0.4, -0.2) is 30.5 Å². The molecule has 15 heavy (non-hydrogen) atoms. The fraction of sp³-hybridized carbons (Fsp3) is 0.545. The number of halogens is 1. The third-order valence-electron chi connectivity index (χ3n) is 3.05. The molecule has 1 fully saturated rings. The van der Waals surface area contributed by atoms with Crippen LogP contribution in [0.15, 0.2) is 12.3 Å². The quantitative estimate of drug-likeness (QED) is 0.785. The first-order valence-electron chi connectivity index (χ1n) is 5.26. The molecule has 1 aromatic rings. The lowest BCUT2D eigenvalue weighted by molar-refractivity contribution is 0.317. The molecule has 1 N–H and O–H groups in total. The fourth-order valence-corrected chi connectivity index (χ4v) is 2.38. The first-order chi connectivity index (χ1) is 7.22. The van der Waals surface area contributed by atoms with Crippen LogP contribution in [0.25, 0.3) is 0 Å². The molecule has 1 atom stereocenters. The summed E-state index contributed by atoms with van der Waals surface area (Å²) in [4.78, 5) is 6.53. The summed E-state index contributed by atoms with van der Waals surface area (Å²) in [6, 6.07) is 2.38. The molecule has 1 aliphatic rings. The molecular formula is C11H16ClN3. The van der Waals surface area contributed by atoms with E-state index in [2.05, 4.69) is 22.2 Å². The molecule has 1 aliphatic heterocycles. The van der Waals surface area contributed by atoms with Crippen LogP contribution in [0.3, 0.4) is 0 Å². The summed E-state index contributed by atoms with van der Waals surface area (Å²) in [5, 5.41) is 3.73. The Balaban J connectivity index is 2.34. The Morgan fingerprint density at radius 3 is 3.00 bits per heavy atom. The van der Waals surface area contributed by atoms with E-state index in [4.69, 9.17) is 11.6 Å². The lowest BCUT2D eigenvalue weighted by Crippen LogP contribution is -2.18. The molecule has 2 rings (SSSR count). The highest BCUT2D eigenvalue weighted by Crippen LogP contribution is 2.34. The van der Waals surface area contributed by atoms with Gasteiger partial charge in [0.25, 0.3) is 0 Å². The number of nitrogens with one attached hydrogen (secondary N) is 1. The Kier molecular flexibility index (Phi) is 3.12. The fourth-order valence-electron chi connectivity index (χ4n) is 2.23. The van der Waals surface area contributed by atoms with Gasteiger partial charge >= 0.3 is 0 Å². The van der Waals surface area contributed by atoms with Crippen molar-refractivity contribution in [3.05, 3.63) is 23.0 Å². The van der Waals surface area contributed by atoms with Crippen LogP contribution in [0.5, 0.6) is 0 Å². The molecule has 1 aromatic heterocycles. The van der Waals surface area contributed by atoms with Gasteiger partial charge in [-0.05, 0) is 32.5 Å². The van der Waals surface area contributed by atoms with E-state index < -0.39 is 0 Å². The van der Waals surface area contributed by atoms with Crippen molar-refractivity contribution in [2.24, 2.45) is 0 Å². The topological polar surface area (TPSA) is 28.2 Å². The van der Waals surface area contributed by atoms with Crippen LogP contribution < -0.4 is 5.32 Å². The highest BCUT2D eigenvalue weighted by molar-refractivity contribution is 6.29. The van der Waals surface area contributed by atoms with Crippen molar-refractivity contribution >= 4 is 17.3 Å². The Labute approximate surface area is 95.4 Å². The van der Waals surface area contributed by atoms with Crippen LogP contribution in [0.2, 0.25) is 5.15 Å². The molecule has 0 aromatic carbocycles. The van der Waals surface area contributed by atoms with Crippen molar-refractivity contribution in [2.45, 2.75) is 18.9 Å². The molecule has 0 aliphatic carbocycles. The average Bonchev–Trinajstić information content (AvgIpc) is 2.64. The van der Waals surface area contributed by atoms with Crippen LogP contribution >= 0.6 is 11.6 Å². The predicted octanol–water partition coefficient (Wildman–Crippen LogP) is 2.54. The second kappa shape index (κ2) is 4.37. The molecule has 0 saturated carbocycles. The molecule has 82 valence electrons. The Morgan fingerprint density at radius 2 is 2.40 bits per heavy atom. The van der Waals surface area contributed by atoms with Gasteiger partial charge in [0.1, 0.15) is 5.15 Å². The third-order valence-corrected chi connectivity index (χ3v) is 3.26. The first kappa shape index (κ1) is 10.7. The first-order valence-corrected chi connectivity index (χ1v) is 5.63. The van der Waals surface area contributed by atoms with E-state index in [9.17, 15) is 0 Å². The van der Waals surface area contributed by atoms with Gasteiger partial charge < -0.3 is 5.32 Å². The van der Waals surface area contributed by atoms with Gasteiger partial charge in [-0.25, -0.2) is 4.98 Å². The van der Waals surface area contributed by atoms with E-state index in [0.29, 0.717) is 11.2 Å². The zero-order valence-electron chi connectivity index (χ0n) is 9.13. The third kappa shape index (κ3) is 2.08. The Bertz CT molecular complexity index is 354. The maximum absolute atomic E-state index is 5.87. The normalized spacial score (nSPS) is 21.9. The van der Waals surface area contributed by atoms with Crippen molar-refractivity contribution in [3.8, 4) is 0 Å². The van der Waals surface area contributed by atoms with E-state index in [0.717, 1.165) is 12.2 Å². The maximum Gasteiger partial charge on any atom is 0.131 e. The maximum atomic E-state index is 5.87. The minimum atomic E-state index is 0.484. The van der Waals surface area contributed by atoms with Gasteiger partial charge in [-0.1, -0.05) is 11.6 Å². The summed E-state index contributed by atoms with van der Waals surface area (Å²) in [7, 11) is 4.08. The number of likely N-dealkylation sites (tertiary alicyclic amines) is 1. The number of rotatable bonds is 2. The van der Waals surface area contributed by atoms with Crippen molar-refractivity contribution in [3.63, 3.8) is 0 Å². The summed E-state index contributed by atoms with van der Waals surface area (Å²) >= 11 is 5.87. The second-order valence-corrected chi connectivity index (χ2v) is 4.37. The van der Waals surface area contributed by atoms with Gasteiger partial charge in [-0.3, -0.25) is 4.90 Å². The standard InChI is InChI=1S/C11H16ClN3/c1-13-9-6-11(12)14-7-8(9)10-4-3-5-15(10)2/h6-7,10H,3-5H2,1-2H3,(H,13,14). The van der Waals surface area contributed by atoms with E-state index >= 15 is 0 Å². The van der Waals surface area contributed by atoms with Crippen molar-refractivity contribution in [1.82, 2.24) is 9.88 Å². The van der Waals surface area contributed by atoms with Crippen LogP contribution in [-0.2, 0) is 0 Å². The average molecular weight is 226 g/mol. The molecule has 1 saturated heterocycles. The zero-order valence-corrected chi connectivity index (χ0v) is 9.88. The van der Waals surface area contributed by atoms with E-state index in [-0.39, 0.29) is 0 Å². The van der Waals surface area contributed by atoms with Gasteiger partial charge in [-0.15, -0.1) is 0 Å². The molecule has 0 bridgehead atoms. The monoisotopic (exact) mass is 225 g/mol. The largest absolute Gasteiger partial charge is 0.388 e. The number of hydrogen-bond donors (Lipinski definition) is 1. The predicted molar refractivity (Wildman–Crippen MR) is 63.4 cm³/mol. The summed E-state index contributed by atoms with van der Waals surface area (Å²) in [6.07, 6.45) is 4.35. The van der Waals surface area contributed by atoms with E-state index in [1.807, 2.05) is 19.3 Å². The molecule has 0 spiro atoms. The van der Waals surface area contributed by atoms with Crippen LogP contribution in [0.4, 0.5) is 5.69 Å². The summed E-state index contributed by atoms with van der Waals surface area (Å²) in [5.41, 5.74) is 2.34. The molecule has 4 heteroatoms. The van der Waals surface area contributed by atoms with Gasteiger partial charge in [0.2, 0.25) is 0 Å². The second-order valence-electron chi connectivity index (χ2n) is 3.98. The van der Waals surface area contributed by atoms with Gasteiger partial charge in [0, 0.05) is 30.5 Å². The van der Waals surface area contributed by atoms with Crippen molar-refractivity contribution in [2.75, 3.05) is 26.0 Å². The zero-order chi connectivity index (χ0) is 10.8. The number of nitrogens with zero attached hydrogens (tertiary/aromatic N) is 2. The summed E-state index contributed by atoms with van der Waals surface area (Å²) in [5.74, 6) is 0. The minimum Gasteiger partial charge on any atom is -0.388 e. The molecule has 0 radical (unpaired) electrons. The molecule has 3 nitrogen and oxygen atoms in total. The molecular weight excluding hydrogens is 210 g/mol. The van der Waals surface area contributed by atoms with Crippen LogP contribution in [0.1, 0.15) is 24.4 Å². The van der Waals surface area contributed by atoms with Crippen LogP contribution in [0, 0.1) is 0 Å². The van der Waals surface area contributed by atoms with E-state index in [1.54, 1.807) is 0 Å². The number of pyridine rings is 1. The number of aromatic nitrogens is 1.